The number of H-pyrrole nitrogens is 1. The molecule has 0 atom stereocenters. The number of halogens is 4. The monoisotopic (exact) mass is 590 g/mol. The van der Waals surface area contributed by atoms with Gasteiger partial charge in [-0.3, -0.25) is 4.90 Å². The molecule has 0 saturated carbocycles. The molecule has 6 rings (SSSR count). The summed E-state index contributed by atoms with van der Waals surface area (Å²) in [6.07, 6.45) is -0.814. The number of para-hydroxylation sites is 1. The highest BCUT2D eigenvalue weighted by Gasteiger charge is 2.43. The Morgan fingerprint density at radius 2 is 1.67 bits per heavy atom. The lowest BCUT2D eigenvalue weighted by atomic mass is 9.96. The minimum Gasteiger partial charge on any atom is -0.360 e. The number of alkyl halides is 3. The van der Waals surface area contributed by atoms with Crippen LogP contribution in [0.15, 0.2) is 60.8 Å². The lowest BCUT2D eigenvalue weighted by Crippen LogP contribution is -2.36. The maximum absolute atomic E-state index is 13.3. The second-order valence-electron chi connectivity index (χ2n) is 11.6. The first-order valence-electron chi connectivity index (χ1n) is 14.4. The molecule has 1 aliphatic heterocycles. The van der Waals surface area contributed by atoms with Gasteiger partial charge in [0.2, 0.25) is 0 Å². The normalized spacial score (nSPS) is 15.1. The van der Waals surface area contributed by atoms with Gasteiger partial charge in [0.15, 0.2) is 0 Å². The van der Waals surface area contributed by atoms with Crippen molar-refractivity contribution >= 4 is 22.5 Å². The summed E-state index contributed by atoms with van der Waals surface area (Å²) < 4.78 is 42.1. The Morgan fingerprint density at radius 1 is 0.976 bits per heavy atom. The molecule has 3 heterocycles. The third kappa shape index (κ3) is 4.54. The summed E-state index contributed by atoms with van der Waals surface area (Å²) in [6, 6.07) is 16.6. The minimum atomic E-state index is -4.36. The number of benzene rings is 3. The fourth-order valence-corrected chi connectivity index (χ4v) is 6.66. The van der Waals surface area contributed by atoms with E-state index in [1.165, 1.54) is 23.3 Å². The molecule has 1 aliphatic rings. The summed E-state index contributed by atoms with van der Waals surface area (Å²) in [5.74, 6) is 0. The van der Waals surface area contributed by atoms with Gasteiger partial charge < -0.3 is 4.98 Å². The summed E-state index contributed by atoms with van der Waals surface area (Å²) in [5.41, 5.74) is 9.01. The summed E-state index contributed by atoms with van der Waals surface area (Å²) >= 11 is 6.76. The van der Waals surface area contributed by atoms with E-state index in [1.54, 1.807) is 13.0 Å². The number of nitrogens with one attached hydrogen (secondary N) is 1. The molecule has 5 aromatic rings. The van der Waals surface area contributed by atoms with Crippen molar-refractivity contribution in [3.05, 3.63) is 105 Å². The van der Waals surface area contributed by atoms with E-state index in [0.717, 1.165) is 57.5 Å². The molecule has 218 valence electrons. The molecule has 0 spiro atoms. The van der Waals surface area contributed by atoms with Gasteiger partial charge in [-0.2, -0.15) is 18.3 Å². The summed E-state index contributed by atoms with van der Waals surface area (Å²) in [7, 11) is 0. The van der Waals surface area contributed by atoms with E-state index < -0.39 is 17.3 Å². The first kappa shape index (κ1) is 28.6. The number of fused-ring (bicyclic) bond motifs is 2. The second-order valence-corrected chi connectivity index (χ2v) is 12.0. The van der Waals surface area contributed by atoms with Gasteiger partial charge in [-0.15, -0.1) is 0 Å². The van der Waals surface area contributed by atoms with Crippen LogP contribution >= 0.6 is 11.6 Å². The fraction of sp³-hybridized carbons (Fsp3) is 0.324. The number of aryl methyl sites for hydroxylation is 3. The Balaban J connectivity index is 1.54. The van der Waals surface area contributed by atoms with Crippen LogP contribution in [-0.2, 0) is 37.6 Å². The zero-order chi connectivity index (χ0) is 30.0. The molecule has 0 aliphatic carbocycles. The maximum Gasteiger partial charge on any atom is 0.416 e. The van der Waals surface area contributed by atoms with E-state index in [9.17, 15) is 13.2 Å². The molecular weight excluding hydrogens is 557 g/mol. The van der Waals surface area contributed by atoms with Crippen LogP contribution in [0.25, 0.3) is 27.8 Å². The molecule has 0 amide bonds. The molecule has 0 fully saturated rings. The third-order valence-electron chi connectivity index (χ3n) is 8.82. The zero-order valence-electron chi connectivity index (χ0n) is 24.5. The molecule has 0 bridgehead atoms. The predicted molar refractivity (Wildman–Crippen MR) is 163 cm³/mol. The van der Waals surface area contributed by atoms with Gasteiger partial charge in [0.1, 0.15) is 0 Å². The van der Waals surface area contributed by atoms with Crippen molar-refractivity contribution in [3.8, 4) is 16.9 Å². The van der Waals surface area contributed by atoms with Gasteiger partial charge in [-0.05, 0) is 74.1 Å². The summed E-state index contributed by atoms with van der Waals surface area (Å²) in [4.78, 5) is 5.59. The lowest BCUT2D eigenvalue weighted by Gasteiger charge is -2.32. The molecule has 4 nitrogen and oxygen atoms in total. The highest BCUT2D eigenvalue weighted by atomic mass is 35.5. The van der Waals surface area contributed by atoms with E-state index in [-0.39, 0.29) is 0 Å². The lowest BCUT2D eigenvalue weighted by molar-refractivity contribution is -0.137. The molecule has 42 heavy (non-hydrogen) atoms. The average molecular weight is 591 g/mol. The minimum absolute atomic E-state index is 0.464. The third-order valence-corrected chi connectivity index (χ3v) is 9.12. The van der Waals surface area contributed by atoms with Crippen LogP contribution in [-0.4, -0.2) is 19.7 Å². The number of hydrogen-bond donors (Lipinski definition) is 1. The fourth-order valence-electron chi connectivity index (χ4n) is 6.40. The molecule has 2 aromatic heterocycles. The second kappa shape index (κ2) is 10.3. The Hall–Kier alpha value is -3.55. The van der Waals surface area contributed by atoms with Gasteiger partial charge in [0.05, 0.1) is 33.2 Å². The standard InChI is InChI=1S/C34H34ClF3N4/c1-6-21-10-8-11-22(7-2)30(21)42-31(25-12-9-13-28-29(25)27(35)17-39-28)26-19-41(33(4,5)32(26)40-42)18-23-14-15-24(16-20(23)3)34(36,37)38/h8-17,39H,6-7,18-19H2,1-5H3. The maximum atomic E-state index is 13.3. The quantitative estimate of drug-likeness (QED) is 0.214. The molecule has 8 heteroatoms. The topological polar surface area (TPSA) is 36.9 Å². The molecule has 3 aromatic carbocycles. The van der Waals surface area contributed by atoms with Crippen LogP contribution in [0.2, 0.25) is 5.02 Å². The van der Waals surface area contributed by atoms with Gasteiger partial charge in [-0.1, -0.05) is 61.8 Å². The van der Waals surface area contributed by atoms with E-state index in [0.29, 0.717) is 23.7 Å². The van der Waals surface area contributed by atoms with Crippen molar-refractivity contribution in [2.45, 2.75) is 72.3 Å². The Kier molecular flexibility index (Phi) is 7.02. The van der Waals surface area contributed by atoms with Crippen molar-refractivity contribution in [1.29, 1.82) is 0 Å². The van der Waals surface area contributed by atoms with E-state index in [1.807, 2.05) is 18.3 Å². The van der Waals surface area contributed by atoms with Crippen LogP contribution in [0.1, 0.15) is 66.8 Å². The molecular formula is C34H34ClF3N4. The van der Waals surface area contributed by atoms with Crippen LogP contribution in [0.5, 0.6) is 0 Å². The van der Waals surface area contributed by atoms with Gasteiger partial charge in [-0.25, -0.2) is 4.68 Å². The molecule has 0 saturated heterocycles. The van der Waals surface area contributed by atoms with Gasteiger partial charge in [0, 0.05) is 41.3 Å². The largest absolute Gasteiger partial charge is 0.416 e. The van der Waals surface area contributed by atoms with Crippen molar-refractivity contribution in [3.63, 3.8) is 0 Å². The van der Waals surface area contributed by atoms with Crippen LogP contribution in [0.4, 0.5) is 13.2 Å². The average Bonchev–Trinajstić information content (AvgIpc) is 3.59. The molecule has 0 unspecified atom stereocenters. The number of nitrogens with zero attached hydrogens (tertiary/aromatic N) is 3. The number of aromatic nitrogens is 3. The van der Waals surface area contributed by atoms with Crippen LogP contribution < -0.4 is 0 Å². The summed E-state index contributed by atoms with van der Waals surface area (Å²) in [6.45, 7) is 11.5. The summed E-state index contributed by atoms with van der Waals surface area (Å²) in [5, 5.41) is 6.96. The Morgan fingerprint density at radius 3 is 2.31 bits per heavy atom. The Bertz CT molecular complexity index is 1790. The van der Waals surface area contributed by atoms with Gasteiger partial charge in [0.25, 0.3) is 0 Å². The van der Waals surface area contributed by atoms with Crippen molar-refractivity contribution in [2.24, 2.45) is 0 Å². The van der Waals surface area contributed by atoms with Crippen molar-refractivity contribution in [1.82, 2.24) is 19.7 Å². The van der Waals surface area contributed by atoms with Gasteiger partial charge >= 0.3 is 6.18 Å². The number of rotatable bonds is 6. The zero-order valence-corrected chi connectivity index (χ0v) is 25.2. The van der Waals surface area contributed by atoms with E-state index >= 15 is 0 Å². The SMILES string of the molecule is CCc1cccc(CC)c1-n1nc2c(c1-c1cccc3[nH]cc(Cl)c13)CN(Cc1ccc(C(F)(F)F)cc1C)C2(C)C. The molecule has 0 radical (unpaired) electrons. The molecule has 1 N–H and O–H groups in total. The number of aromatic amines is 1. The highest BCUT2D eigenvalue weighted by molar-refractivity contribution is 6.36. The van der Waals surface area contributed by atoms with Crippen LogP contribution in [0, 0.1) is 6.92 Å². The predicted octanol–water partition coefficient (Wildman–Crippen LogP) is 9.38. The van der Waals surface area contributed by atoms with Crippen LogP contribution in [0.3, 0.4) is 0 Å². The Labute approximate surface area is 249 Å². The first-order valence-corrected chi connectivity index (χ1v) is 14.7. The highest BCUT2D eigenvalue weighted by Crippen LogP contribution is 2.47. The van der Waals surface area contributed by atoms with E-state index in [4.69, 9.17) is 16.7 Å². The van der Waals surface area contributed by atoms with Crippen molar-refractivity contribution < 1.29 is 13.2 Å². The smallest absolute Gasteiger partial charge is 0.360 e. The first-order chi connectivity index (χ1) is 20.0. The number of hydrogen-bond acceptors (Lipinski definition) is 2. The van der Waals surface area contributed by atoms with Crippen molar-refractivity contribution in [2.75, 3.05) is 0 Å². The van der Waals surface area contributed by atoms with E-state index in [2.05, 4.69) is 66.5 Å².